The second-order valence-electron chi connectivity index (χ2n) is 13.2. The molecule has 0 fully saturated rings. The molecule has 8 aromatic carbocycles. The average Bonchev–Trinajstić information content (AvgIpc) is 3.93. The Bertz CT molecular complexity index is 3330. The van der Waals surface area contributed by atoms with E-state index in [-0.39, 0.29) is 0 Å². The molecular formula is C46H24O4. The van der Waals surface area contributed by atoms with Gasteiger partial charge in [0.1, 0.15) is 39.1 Å². The standard InChI is InChI=1S/C46H24O4/c1-3-12-29-27(10-1)43(25-17-19-39-33(21-25)31-18-20-40-45(46(31)50-39)32-14-6-8-16-38(32)48-40)28-11-2-4-13-30(28)44(29)36-24-47-41-22-34-26-9-5-7-15-37(26)49-42(34)23-35(36)41/h1-24H. The van der Waals surface area contributed by atoms with Crippen molar-refractivity contribution in [2.24, 2.45) is 0 Å². The van der Waals surface area contributed by atoms with Gasteiger partial charge in [0.15, 0.2) is 0 Å². The van der Waals surface area contributed by atoms with Gasteiger partial charge in [-0.15, -0.1) is 0 Å². The van der Waals surface area contributed by atoms with Gasteiger partial charge in [-0.05, 0) is 81.2 Å². The SMILES string of the molecule is c1ccc2c(c1)oc1cc3c(-c4c5ccccc5c(-c5ccc6oc7c(ccc8oc9ccccc9c87)c6c5)c5ccccc45)coc3cc12. The predicted octanol–water partition coefficient (Wildman–Crippen LogP) is 13.8. The van der Waals surface area contributed by atoms with Crippen molar-refractivity contribution in [1.82, 2.24) is 0 Å². The molecule has 12 rings (SSSR count). The molecule has 0 N–H and O–H groups in total. The lowest BCUT2D eigenvalue weighted by atomic mass is 9.85. The van der Waals surface area contributed by atoms with Crippen LogP contribution in [0, 0.1) is 0 Å². The Balaban J connectivity index is 1.13. The minimum Gasteiger partial charge on any atom is -0.464 e. The van der Waals surface area contributed by atoms with Crippen molar-refractivity contribution in [2.45, 2.75) is 0 Å². The van der Waals surface area contributed by atoms with E-state index in [1.807, 2.05) is 42.7 Å². The molecule has 0 bridgehead atoms. The van der Waals surface area contributed by atoms with Crippen LogP contribution in [0.5, 0.6) is 0 Å². The quantitative estimate of drug-likeness (QED) is 0.176. The van der Waals surface area contributed by atoms with Gasteiger partial charge in [-0.1, -0.05) is 91.0 Å². The van der Waals surface area contributed by atoms with Crippen molar-refractivity contribution in [3.63, 3.8) is 0 Å². The molecule has 0 amide bonds. The minimum atomic E-state index is 0.832. The van der Waals surface area contributed by atoms with Crippen LogP contribution in [-0.2, 0) is 0 Å². The molecule has 50 heavy (non-hydrogen) atoms. The van der Waals surface area contributed by atoms with Crippen LogP contribution in [0.4, 0.5) is 0 Å². The van der Waals surface area contributed by atoms with Gasteiger partial charge in [0.05, 0.1) is 11.6 Å². The smallest absolute Gasteiger partial charge is 0.147 e. The maximum atomic E-state index is 6.58. The maximum absolute atomic E-state index is 6.58. The van der Waals surface area contributed by atoms with Gasteiger partial charge in [-0.3, -0.25) is 0 Å². The van der Waals surface area contributed by atoms with Gasteiger partial charge in [0, 0.05) is 43.4 Å². The summed E-state index contributed by atoms with van der Waals surface area (Å²) in [6, 6.07) is 48.8. The Kier molecular flexibility index (Phi) is 4.94. The lowest BCUT2D eigenvalue weighted by Crippen LogP contribution is -1.90. The van der Waals surface area contributed by atoms with E-state index in [4.69, 9.17) is 17.7 Å². The van der Waals surface area contributed by atoms with Gasteiger partial charge in [-0.25, -0.2) is 0 Å². The summed E-state index contributed by atoms with van der Waals surface area (Å²) in [6.07, 6.45) is 1.91. The van der Waals surface area contributed by atoms with Gasteiger partial charge in [0.2, 0.25) is 0 Å². The lowest BCUT2D eigenvalue weighted by Gasteiger charge is -2.17. The highest BCUT2D eigenvalue weighted by Crippen LogP contribution is 2.48. The van der Waals surface area contributed by atoms with Crippen LogP contribution < -0.4 is 0 Å². The first kappa shape index (κ1) is 26.2. The molecule has 232 valence electrons. The van der Waals surface area contributed by atoms with Crippen LogP contribution in [0.3, 0.4) is 0 Å². The summed E-state index contributed by atoms with van der Waals surface area (Å²) in [6.45, 7) is 0. The largest absolute Gasteiger partial charge is 0.464 e. The highest BCUT2D eigenvalue weighted by Gasteiger charge is 2.22. The molecule has 0 aliphatic carbocycles. The van der Waals surface area contributed by atoms with E-state index >= 15 is 0 Å². The second kappa shape index (κ2) is 9.43. The Hall–Kier alpha value is -6.78. The molecule has 4 heterocycles. The van der Waals surface area contributed by atoms with Crippen LogP contribution in [0.25, 0.3) is 121 Å². The van der Waals surface area contributed by atoms with Crippen LogP contribution in [0.15, 0.2) is 163 Å². The van der Waals surface area contributed by atoms with Crippen molar-refractivity contribution in [3.8, 4) is 22.3 Å². The molecule has 0 aliphatic rings. The van der Waals surface area contributed by atoms with Gasteiger partial charge < -0.3 is 17.7 Å². The third-order valence-corrected chi connectivity index (χ3v) is 10.5. The fraction of sp³-hybridized carbons (Fsp3) is 0. The molecule has 12 aromatic rings. The number of rotatable bonds is 2. The van der Waals surface area contributed by atoms with Crippen LogP contribution in [0.1, 0.15) is 0 Å². The van der Waals surface area contributed by atoms with Crippen LogP contribution in [0.2, 0.25) is 0 Å². The van der Waals surface area contributed by atoms with E-state index < -0.39 is 0 Å². The molecular weight excluding hydrogens is 617 g/mol. The van der Waals surface area contributed by atoms with Crippen LogP contribution >= 0.6 is 0 Å². The summed E-state index contributed by atoms with van der Waals surface area (Å²) in [4.78, 5) is 0. The average molecular weight is 641 g/mol. The van der Waals surface area contributed by atoms with E-state index in [1.165, 1.54) is 16.3 Å². The molecule has 0 spiro atoms. The minimum absolute atomic E-state index is 0.832. The highest BCUT2D eigenvalue weighted by atomic mass is 16.3. The summed E-state index contributed by atoms with van der Waals surface area (Å²) >= 11 is 0. The van der Waals surface area contributed by atoms with Crippen molar-refractivity contribution in [2.75, 3.05) is 0 Å². The zero-order valence-corrected chi connectivity index (χ0v) is 26.5. The lowest BCUT2D eigenvalue weighted by molar-refractivity contribution is 0.617. The number of hydrogen-bond donors (Lipinski definition) is 0. The Morgan fingerprint density at radius 1 is 0.320 bits per heavy atom. The number of para-hydroxylation sites is 2. The molecule has 0 saturated carbocycles. The molecule has 0 radical (unpaired) electrons. The highest BCUT2D eigenvalue weighted by molar-refractivity contribution is 6.26. The Morgan fingerprint density at radius 2 is 0.880 bits per heavy atom. The van der Waals surface area contributed by atoms with Crippen molar-refractivity contribution in [1.29, 1.82) is 0 Å². The van der Waals surface area contributed by atoms with Gasteiger partial charge in [-0.2, -0.15) is 0 Å². The molecule has 0 saturated heterocycles. The summed E-state index contributed by atoms with van der Waals surface area (Å²) in [7, 11) is 0. The fourth-order valence-electron chi connectivity index (χ4n) is 8.37. The number of furan rings is 4. The van der Waals surface area contributed by atoms with E-state index in [0.717, 1.165) is 104 Å². The molecule has 0 atom stereocenters. The first-order chi connectivity index (χ1) is 24.8. The van der Waals surface area contributed by atoms with E-state index in [2.05, 4.69) is 103 Å². The fourth-order valence-corrected chi connectivity index (χ4v) is 8.37. The van der Waals surface area contributed by atoms with Gasteiger partial charge >= 0.3 is 0 Å². The zero-order valence-electron chi connectivity index (χ0n) is 26.5. The zero-order chi connectivity index (χ0) is 32.5. The number of fused-ring (bicyclic) bond motifs is 13. The van der Waals surface area contributed by atoms with E-state index in [9.17, 15) is 0 Å². The van der Waals surface area contributed by atoms with Crippen molar-refractivity contribution < 1.29 is 17.7 Å². The number of hydrogen-bond acceptors (Lipinski definition) is 4. The molecule has 4 aromatic heterocycles. The predicted molar refractivity (Wildman–Crippen MR) is 204 cm³/mol. The first-order valence-corrected chi connectivity index (χ1v) is 16.8. The summed E-state index contributed by atoms with van der Waals surface area (Å²) < 4.78 is 25.4. The topological polar surface area (TPSA) is 52.6 Å². The summed E-state index contributed by atoms with van der Waals surface area (Å²) in [5.41, 5.74) is 10.5. The maximum Gasteiger partial charge on any atom is 0.147 e. The van der Waals surface area contributed by atoms with Crippen molar-refractivity contribution >= 4 is 98.3 Å². The summed E-state index contributed by atoms with van der Waals surface area (Å²) in [5.74, 6) is 0. The Morgan fingerprint density at radius 3 is 1.64 bits per heavy atom. The van der Waals surface area contributed by atoms with Crippen LogP contribution in [-0.4, -0.2) is 0 Å². The monoisotopic (exact) mass is 640 g/mol. The second-order valence-corrected chi connectivity index (χ2v) is 13.2. The molecule has 0 aliphatic heterocycles. The van der Waals surface area contributed by atoms with E-state index in [1.54, 1.807) is 0 Å². The summed E-state index contributed by atoms with van der Waals surface area (Å²) in [5, 5.41) is 12.1. The molecule has 4 heteroatoms. The van der Waals surface area contributed by atoms with E-state index in [0.29, 0.717) is 0 Å². The first-order valence-electron chi connectivity index (χ1n) is 16.8. The van der Waals surface area contributed by atoms with Gasteiger partial charge in [0.25, 0.3) is 0 Å². The number of benzene rings is 8. The molecule has 0 unspecified atom stereocenters. The third-order valence-electron chi connectivity index (χ3n) is 10.5. The van der Waals surface area contributed by atoms with Crippen molar-refractivity contribution in [3.05, 3.63) is 146 Å². The third kappa shape index (κ3) is 3.39. The normalized spacial score (nSPS) is 12.4. The Labute approximate surface area is 283 Å². The molecule has 4 nitrogen and oxygen atoms in total.